The van der Waals surface area contributed by atoms with Crippen LogP contribution in [0.25, 0.3) is 11.2 Å². The van der Waals surface area contributed by atoms with E-state index in [-0.39, 0.29) is 34.5 Å². The van der Waals surface area contributed by atoms with E-state index in [1.54, 1.807) is 0 Å². The van der Waals surface area contributed by atoms with Crippen LogP contribution in [0.4, 0.5) is 16.2 Å². The number of ether oxygens (including phenoxy) is 2. The number of aliphatic hydroxyl groups excluding tert-OH is 1. The number of thiol groups is 1. The van der Waals surface area contributed by atoms with Crippen molar-refractivity contribution in [2.24, 2.45) is 15.7 Å². The fourth-order valence-electron chi connectivity index (χ4n) is 5.19. The Labute approximate surface area is 262 Å². The molecule has 0 saturated carbocycles. The minimum absolute atomic E-state index is 0.0314. The number of nitrogens with zero attached hydrogens (tertiary/aromatic N) is 7. The normalized spacial score (nSPS) is 37.4. The minimum atomic E-state index is -5.12. The largest absolute Gasteiger partial charge is 0.472 e. The molecule has 0 amide bonds. The van der Waals surface area contributed by atoms with Crippen LogP contribution in [-0.4, -0.2) is 109 Å². The quantitative estimate of drug-likeness (QED) is 0.0879. The van der Waals surface area contributed by atoms with Crippen molar-refractivity contribution in [3.63, 3.8) is 0 Å². The number of H-pyrrole nitrogens is 1. The van der Waals surface area contributed by atoms with Crippen molar-refractivity contribution in [2.75, 3.05) is 26.0 Å². The lowest BCUT2D eigenvalue weighted by atomic mass is 10.1. The molecule has 25 heteroatoms. The first-order valence-electron chi connectivity index (χ1n) is 13.2. The number of rotatable bonds is 4. The van der Waals surface area contributed by atoms with Gasteiger partial charge in [0.15, 0.2) is 35.6 Å². The van der Waals surface area contributed by atoms with Crippen molar-refractivity contribution >= 4 is 62.4 Å². The van der Waals surface area contributed by atoms with Crippen LogP contribution in [0.5, 0.6) is 0 Å². The topological polar surface area (TPSA) is 288 Å². The highest BCUT2D eigenvalue weighted by atomic mass is 32.7. The van der Waals surface area contributed by atoms with E-state index in [4.69, 9.17) is 39.0 Å². The zero-order chi connectivity index (χ0) is 33.1. The zero-order valence-corrected chi connectivity index (χ0v) is 26.2. The van der Waals surface area contributed by atoms with Gasteiger partial charge < -0.3 is 30.9 Å². The van der Waals surface area contributed by atoms with Crippen LogP contribution in [0, 0.1) is 0 Å². The van der Waals surface area contributed by atoms with Gasteiger partial charge in [-0.15, -0.1) is 0 Å². The fourth-order valence-corrected chi connectivity index (χ4v) is 7.60. The molecule has 3 fully saturated rings. The number of imidazole rings is 2. The van der Waals surface area contributed by atoms with Crippen molar-refractivity contribution in [1.82, 2.24) is 29.1 Å². The highest BCUT2D eigenvalue weighted by Crippen LogP contribution is 2.58. The van der Waals surface area contributed by atoms with E-state index in [1.165, 1.54) is 11.6 Å². The maximum absolute atomic E-state index is 16.0. The second-order valence-corrected chi connectivity index (χ2v) is 14.4. The fraction of sp³-hybridized carbons (Fsp3) is 0.524. The first-order chi connectivity index (χ1) is 21.7. The van der Waals surface area contributed by atoms with Crippen molar-refractivity contribution in [2.45, 2.75) is 49.1 Å². The highest BCUT2D eigenvalue weighted by Gasteiger charge is 2.54. The Kier molecular flexibility index (Phi) is 8.70. The first-order valence-corrected chi connectivity index (χ1v) is 17.4. The molecule has 46 heavy (non-hydrogen) atoms. The molecule has 0 radical (unpaired) electrons. The maximum atomic E-state index is 16.0. The van der Waals surface area contributed by atoms with Crippen molar-refractivity contribution < 1.29 is 51.1 Å². The zero-order valence-electron chi connectivity index (χ0n) is 23.5. The summed E-state index contributed by atoms with van der Waals surface area (Å²) in [5, 5.41) is 11.1. The molecule has 3 aromatic heterocycles. The number of aliphatic imine (C=N–C) groups is 2. The molecule has 7 N–H and O–H groups in total. The van der Waals surface area contributed by atoms with E-state index in [0.717, 1.165) is 17.2 Å². The standard InChI is InChI=1S/C21H27FN10O11P2S/c1-25-15(23)10-16(26-2)31(5-27-10)19-9(22)13-8(41-19)4-39-45(37,46)43-14-12(33)7(3-38-44(35,36)42-13)40-20(14)32-6-28-11-17(32)29-21(24)30-18(11)34/h5-9,12-14,19-20,33H,2-4H2,1H3,(H2,23,25)(H,35,36)(H,37,46)(H3,24,29,30,34)/t7-,8-,9?,12?,13?,14?,19-,20-,45?/m1/s1. The average Bonchev–Trinajstić information content (AvgIpc) is 3.75. The van der Waals surface area contributed by atoms with Gasteiger partial charge >= 0.3 is 14.6 Å². The lowest BCUT2D eigenvalue weighted by Gasteiger charge is -2.26. The number of aliphatic hydroxyl groups is 1. The van der Waals surface area contributed by atoms with Gasteiger partial charge in [0.1, 0.15) is 42.0 Å². The first kappa shape index (κ1) is 32.8. The summed E-state index contributed by atoms with van der Waals surface area (Å²) in [6.45, 7) is -2.61. The third-order valence-corrected chi connectivity index (χ3v) is 9.89. The number of nitrogen functional groups attached to an aromatic ring is 1. The molecule has 250 valence electrons. The van der Waals surface area contributed by atoms with Crippen LogP contribution in [0.1, 0.15) is 18.1 Å². The Morgan fingerprint density at radius 3 is 2.57 bits per heavy atom. The lowest BCUT2D eigenvalue weighted by Crippen LogP contribution is -2.35. The van der Waals surface area contributed by atoms with E-state index in [1.807, 2.05) is 0 Å². The molecule has 3 aliphatic rings. The number of amidine groups is 1. The van der Waals surface area contributed by atoms with E-state index in [2.05, 4.69) is 48.9 Å². The van der Waals surface area contributed by atoms with Gasteiger partial charge in [-0.1, -0.05) is 12.2 Å². The molecular weight excluding hydrogens is 681 g/mol. The van der Waals surface area contributed by atoms with Gasteiger partial charge in [0.25, 0.3) is 5.56 Å². The van der Waals surface area contributed by atoms with Crippen LogP contribution in [0.2, 0.25) is 0 Å². The monoisotopic (exact) mass is 708 g/mol. The molecule has 3 aromatic rings. The molecule has 0 aliphatic carbocycles. The molecule has 3 aliphatic heterocycles. The molecule has 6 rings (SSSR count). The number of aromatic nitrogens is 6. The summed E-state index contributed by atoms with van der Waals surface area (Å²) in [5.41, 5.74) is 10.7. The molecule has 21 nitrogen and oxygen atoms in total. The van der Waals surface area contributed by atoms with Gasteiger partial charge in [-0.05, 0) is 6.72 Å². The summed E-state index contributed by atoms with van der Waals surface area (Å²) in [6.07, 6.45) is -11.0. The Morgan fingerprint density at radius 2 is 1.85 bits per heavy atom. The molecule has 6 heterocycles. The van der Waals surface area contributed by atoms with Crippen LogP contribution in [-0.2, 0) is 36.7 Å². The number of phosphoric acid groups is 1. The number of alkyl halides is 1. The average molecular weight is 709 g/mol. The van der Waals surface area contributed by atoms with E-state index in [0.29, 0.717) is 0 Å². The number of nitrogens with two attached hydrogens (primary N) is 2. The molecular formula is C21H27FN10O11P2S. The molecule has 0 aromatic carbocycles. The van der Waals surface area contributed by atoms with Gasteiger partial charge in [0, 0.05) is 7.05 Å². The van der Waals surface area contributed by atoms with Crippen LogP contribution < -0.4 is 17.0 Å². The number of hydrogen-bond acceptors (Lipinski definition) is 16. The summed E-state index contributed by atoms with van der Waals surface area (Å²) in [5.74, 6) is -0.333. The van der Waals surface area contributed by atoms with Crippen LogP contribution >= 0.6 is 26.9 Å². The van der Waals surface area contributed by atoms with Crippen LogP contribution in [0.3, 0.4) is 0 Å². The Morgan fingerprint density at radius 1 is 1.15 bits per heavy atom. The second-order valence-electron chi connectivity index (χ2n) is 10.1. The van der Waals surface area contributed by atoms with Crippen LogP contribution in [0.15, 0.2) is 27.4 Å². The van der Waals surface area contributed by atoms with Crippen molar-refractivity contribution in [3.8, 4) is 0 Å². The van der Waals surface area contributed by atoms with Crippen molar-refractivity contribution in [3.05, 3.63) is 28.7 Å². The summed E-state index contributed by atoms with van der Waals surface area (Å²) in [7, 11) is -3.72. The summed E-state index contributed by atoms with van der Waals surface area (Å²) < 4.78 is 77.7. The SMILES string of the molecule is C=Nc1c(/C(N)=N\C)ncn1[C@@H]1O[C@@H]2COP(=O)(S)OC3C(O)[C@@H](COP(=O)(O)OC2C1F)O[C@H]3n1cnc2c(=O)[nH]c(N)nc21. The smallest absolute Gasteiger partial charge is 0.387 e. The van der Waals surface area contributed by atoms with E-state index < -0.39 is 82.5 Å². The molecule has 3 saturated heterocycles. The Hall–Kier alpha value is -3.08. The molecule has 6 unspecified atom stereocenters. The van der Waals surface area contributed by atoms with Gasteiger partial charge in [-0.25, -0.2) is 28.5 Å². The third kappa shape index (κ3) is 5.92. The predicted molar refractivity (Wildman–Crippen MR) is 157 cm³/mol. The summed E-state index contributed by atoms with van der Waals surface area (Å²) in [4.78, 5) is 44.9. The third-order valence-electron chi connectivity index (χ3n) is 7.29. The molecule has 2 bridgehead atoms. The van der Waals surface area contributed by atoms with E-state index >= 15 is 4.39 Å². The number of fused-ring (bicyclic) bond motifs is 4. The number of halogens is 1. The number of anilines is 1. The predicted octanol–water partition coefficient (Wildman–Crippen LogP) is -0.285. The molecule has 10 atom stereocenters. The highest BCUT2D eigenvalue weighted by molar-refractivity contribution is 8.44. The van der Waals surface area contributed by atoms with Crippen molar-refractivity contribution in [1.29, 1.82) is 0 Å². The summed E-state index contributed by atoms with van der Waals surface area (Å²) in [6, 6.07) is 0. The minimum Gasteiger partial charge on any atom is -0.387 e. The Bertz CT molecular complexity index is 1860. The Balaban J connectivity index is 1.32. The van der Waals surface area contributed by atoms with Gasteiger partial charge in [0.05, 0.1) is 25.9 Å². The second kappa shape index (κ2) is 12.2. The number of hydrogen-bond donors (Lipinski definition) is 6. The lowest BCUT2D eigenvalue weighted by molar-refractivity contribution is -0.0620. The number of phosphoric ester groups is 1. The number of aromatic amines is 1. The maximum Gasteiger partial charge on any atom is 0.472 e. The number of nitrogens with one attached hydrogen (secondary N) is 1. The van der Waals surface area contributed by atoms with E-state index in [9.17, 15) is 23.9 Å². The summed E-state index contributed by atoms with van der Waals surface area (Å²) >= 11 is 4.01. The van der Waals surface area contributed by atoms with Gasteiger partial charge in [-0.3, -0.25) is 42.0 Å². The van der Waals surface area contributed by atoms with Gasteiger partial charge in [-0.2, -0.15) is 4.98 Å². The van der Waals surface area contributed by atoms with Gasteiger partial charge in [0.2, 0.25) is 5.95 Å². The molecule has 0 spiro atoms.